The Morgan fingerprint density at radius 2 is 1.95 bits per heavy atom. The average molecular weight is 291 g/mol. The summed E-state index contributed by atoms with van der Waals surface area (Å²) in [6, 6.07) is 5.31. The van der Waals surface area contributed by atoms with E-state index < -0.39 is 0 Å². The normalized spacial score (nSPS) is 17.6. The lowest BCUT2D eigenvalue weighted by molar-refractivity contribution is -0.384. The first kappa shape index (κ1) is 15.6. The van der Waals surface area contributed by atoms with E-state index in [1.54, 1.807) is 12.1 Å². The SMILES string of the molecule is CCNc1cc(N2CCC(C)(CC)CC2)cc([N+](=O)[O-])c1. The molecule has 5 nitrogen and oxygen atoms in total. The molecule has 5 heteroatoms. The zero-order valence-corrected chi connectivity index (χ0v) is 13.2. The molecule has 1 aliphatic heterocycles. The lowest BCUT2D eigenvalue weighted by Crippen LogP contribution is -2.38. The lowest BCUT2D eigenvalue weighted by Gasteiger charge is -2.40. The van der Waals surface area contributed by atoms with Crippen LogP contribution in [-0.4, -0.2) is 24.6 Å². The minimum atomic E-state index is -0.315. The van der Waals surface area contributed by atoms with E-state index in [0.717, 1.165) is 43.9 Å². The van der Waals surface area contributed by atoms with Gasteiger partial charge >= 0.3 is 0 Å². The molecular formula is C16H25N3O2. The van der Waals surface area contributed by atoms with Crippen LogP contribution in [0.4, 0.5) is 17.1 Å². The summed E-state index contributed by atoms with van der Waals surface area (Å²) in [5, 5.41) is 14.3. The van der Waals surface area contributed by atoms with E-state index in [4.69, 9.17) is 0 Å². The second kappa shape index (κ2) is 6.33. The molecule has 0 aromatic heterocycles. The Kier molecular flexibility index (Phi) is 4.70. The van der Waals surface area contributed by atoms with Gasteiger partial charge in [0.25, 0.3) is 5.69 Å². The second-order valence-corrected chi connectivity index (χ2v) is 6.18. The number of hydrogen-bond donors (Lipinski definition) is 1. The summed E-state index contributed by atoms with van der Waals surface area (Å²) in [7, 11) is 0. The molecule has 0 amide bonds. The fourth-order valence-corrected chi connectivity index (χ4v) is 2.85. The lowest BCUT2D eigenvalue weighted by atomic mass is 9.78. The van der Waals surface area contributed by atoms with Crippen molar-refractivity contribution in [3.8, 4) is 0 Å². The van der Waals surface area contributed by atoms with Crippen molar-refractivity contribution in [3.63, 3.8) is 0 Å². The van der Waals surface area contributed by atoms with Gasteiger partial charge in [-0.3, -0.25) is 10.1 Å². The van der Waals surface area contributed by atoms with Crippen molar-refractivity contribution in [2.45, 2.75) is 40.0 Å². The Morgan fingerprint density at radius 3 is 2.48 bits per heavy atom. The molecule has 0 bridgehead atoms. The molecule has 0 saturated carbocycles. The summed E-state index contributed by atoms with van der Waals surface area (Å²) in [4.78, 5) is 13.1. The van der Waals surface area contributed by atoms with Crippen LogP contribution in [0.5, 0.6) is 0 Å². The molecule has 0 unspecified atom stereocenters. The van der Waals surface area contributed by atoms with Crippen molar-refractivity contribution in [2.24, 2.45) is 5.41 Å². The first-order valence-electron chi connectivity index (χ1n) is 7.76. The van der Waals surface area contributed by atoms with Gasteiger partial charge < -0.3 is 10.2 Å². The van der Waals surface area contributed by atoms with Crippen LogP contribution >= 0.6 is 0 Å². The van der Waals surface area contributed by atoms with Gasteiger partial charge in [0.05, 0.1) is 4.92 Å². The number of anilines is 2. The fraction of sp³-hybridized carbons (Fsp3) is 0.625. The molecule has 0 spiro atoms. The maximum Gasteiger partial charge on any atom is 0.273 e. The first-order chi connectivity index (χ1) is 9.97. The van der Waals surface area contributed by atoms with E-state index in [9.17, 15) is 10.1 Å². The Balaban J connectivity index is 2.21. The third-order valence-corrected chi connectivity index (χ3v) is 4.68. The molecule has 2 rings (SSSR count). The van der Waals surface area contributed by atoms with Crippen LogP contribution in [0.2, 0.25) is 0 Å². The number of piperidine rings is 1. The van der Waals surface area contributed by atoms with Crippen LogP contribution in [0, 0.1) is 15.5 Å². The Morgan fingerprint density at radius 1 is 1.29 bits per heavy atom. The van der Waals surface area contributed by atoms with Gasteiger partial charge in [-0.2, -0.15) is 0 Å². The molecule has 1 aliphatic rings. The van der Waals surface area contributed by atoms with Crippen molar-refractivity contribution in [3.05, 3.63) is 28.3 Å². The second-order valence-electron chi connectivity index (χ2n) is 6.18. The third kappa shape index (κ3) is 3.65. The number of rotatable bonds is 5. The number of benzene rings is 1. The number of nitrogens with one attached hydrogen (secondary N) is 1. The number of non-ortho nitro benzene ring substituents is 1. The fourth-order valence-electron chi connectivity index (χ4n) is 2.85. The molecule has 1 aromatic carbocycles. The summed E-state index contributed by atoms with van der Waals surface area (Å²) < 4.78 is 0. The van der Waals surface area contributed by atoms with Crippen LogP contribution in [0.25, 0.3) is 0 Å². The maximum atomic E-state index is 11.1. The van der Waals surface area contributed by atoms with Crippen LogP contribution in [0.1, 0.15) is 40.0 Å². The van der Waals surface area contributed by atoms with Gasteiger partial charge in [-0.05, 0) is 31.2 Å². The highest BCUT2D eigenvalue weighted by molar-refractivity contribution is 5.64. The molecule has 21 heavy (non-hydrogen) atoms. The van der Waals surface area contributed by atoms with Gasteiger partial charge in [0, 0.05) is 43.1 Å². The summed E-state index contributed by atoms with van der Waals surface area (Å²) in [6.45, 7) is 9.27. The molecular weight excluding hydrogens is 266 g/mol. The van der Waals surface area contributed by atoms with Gasteiger partial charge in [-0.25, -0.2) is 0 Å². The van der Waals surface area contributed by atoms with Gasteiger partial charge in [0.1, 0.15) is 0 Å². The number of nitro groups is 1. The van der Waals surface area contributed by atoms with Crippen molar-refractivity contribution in [1.29, 1.82) is 0 Å². The van der Waals surface area contributed by atoms with Crippen molar-refractivity contribution >= 4 is 17.1 Å². The van der Waals surface area contributed by atoms with Crippen LogP contribution < -0.4 is 10.2 Å². The summed E-state index contributed by atoms with van der Waals surface area (Å²) in [6.07, 6.45) is 3.48. The highest BCUT2D eigenvalue weighted by Gasteiger charge is 2.29. The maximum absolute atomic E-state index is 11.1. The molecule has 116 valence electrons. The predicted octanol–water partition coefficient (Wildman–Crippen LogP) is 4.04. The first-order valence-corrected chi connectivity index (χ1v) is 7.76. The minimum Gasteiger partial charge on any atom is -0.385 e. The summed E-state index contributed by atoms with van der Waals surface area (Å²) >= 11 is 0. The van der Waals surface area contributed by atoms with Crippen molar-refractivity contribution < 1.29 is 4.92 Å². The van der Waals surface area contributed by atoms with E-state index in [1.807, 2.05) is 13.0 Å². The van der Waals surface area contributed by atoms with E-state index in [-0.39, 0.29) is 10.6 Å². The molecule has 1 N–H and O–H groups in total. The summed E-state index contributed by atoms with van der Waals surface area (Å²) in [5.41, 5.74) is 2.36. The van der Waals surface area contributed by atoms with E-state index >= 15 is 0 Å². The Bertz CT molecular complexity index is 508. The number of hydrogen-bond acceptors (Lipinski definition) is 4. The molecule has 0 aliphatic carbocycles. The zero-order valence-electron chi connectivity index (χ0n) is 13.2. The molecule has 1 aromatic rings. The Hall–Kier alpha value is -1.78. The topological polar surface area (TPSA) is 58.4 Å². The molecule has 1 heterocycles. The molecule has 0 atom stereocenters. The number of nitro benzene ring substituents is 1. The standard InChI is InChI=1S/C16H25N3O2/c1-4-16(3)6-8-18(9-7-16)14-10-13(17-5-2)11-15(12-14)19(20)21/h10-12,17H,4-9H2,1-3H3. The summed E-state index contributed by atoms with van der Waals surface area (Å²) in [5.74, 6) is 0. The van der Waals surface area contributed by atoms with E-state index in [2.05, 4.69) is 24.1 Å². The molecule has 0 radical (unpaired) electrons. The molecule has 1 fully saturated rings. The zero-order chi connectivity index (χ0) is 15.5. The molecule has 1 saturated heterocycles. The van der Waals surface area contributed by atoms with Gasteiger partial charge in [-0.15, -0.1) is 0 Å². The highest BCUT2D eigenvalue weighted by atomic mass is 16.6. The highest BCUT2D eigenvalue weighted by Crippen LogP contribution is 2.37. The van der Waals surface area contributed by atoms with Crippen LogP contribution in [0.3, 0.4) is 0 Å². The van der Waals surface area contributed by atoms with Crippen molar-refractivity contribution in [2.75, 3.05) is 29.9 Å². The average Bonchev–Trinajstić information content (AvgIpc) is 2.48. The van der Waals surface area contributed by atoms with Crippen LogP contribution in [0.15, 0.2) is 18.2 Å². The number of nitrogens with zero attached hydrogens (tertiary/aromatic N) is 2. The quantitative estimate of drug-likeness (QED) is 0.657. The third-order valence-electron chi connectivity index (χ3n) is 4.68. The monoisotopic (exact) mass is 291 g/mol. The Labute approximate surface area is 126 Å². The smallest absolute Gasteiger partial charge is 0.273 e. The van der Waals surface area contributed by atoms with Crippen molar-refractivity contribution in [1.82, 2.24) is 0 Å². The van der Waals surface area contributed by atoms with E-state index in [0.29, 0.717) is 5.41 Å². The van der Waals surface area contributed by atoms with Gasteiger partial charge in [-0.1, -0.05) is 20.3 Å². The minimum absolute atomic E-state index is 0.160. The van der Waals surface area contributed by atoms with Gasteiger partial charge in [0.2, 0.25) is 0 Å². The van der Waals surface area contributed by atoms with Gasteiger partial charge in [0.15, 0.2) is 0 Å². The van der Waals surface area contributed by atoms with Crippen LogP contribution in [-0.2, 0) is 0 Å². The predicted molar refractivity (Wildman–Crippen MR) is 87.1 cm³/mol. The largest absolute Gasteiger partial charge is 0.385 e. The van der Waals surface area contributed by atoms with E-state index in [1.165, 1.54) is 6.42 Å².